The van der Waals surface area contributed by atoms with Crippen molar-refractivity contribution in [3.8, 4) is 0 Å². The van der Waals surface area contributed by atoms with Gasteiger partial charge in [0.1, 0.15) is 6.04 Å². The van der Waals surface area contributed by atoms with Crippen molar-refractivity contribution >= 4 is 17.8 Å². The Morgan fingerprint density at radius 1 is 1.47 bits per heavy atom. The van der Waals surface area contributed by atoms with E-state index in [0.29, 0.717) is 0 Å². The predicted octanol–water partition coefficient (Wildman–Crippen LogP) is -0.491. The lowest BCUT2D eigenvalue weighted by Gasteiger charge is -2.23. The van der Waals surface area contributed by atoms with Gasteiger partial charge in [-0.2, -0.15) is 0 Å². The molecule has 1 fully saturated rings. The summed E-state index contributed by atoms with van der Waals surface area (Å²) in [4.78, 5) is 33.7. The summed E-state index contributed by atoms with van der Waals surface area (Å²) in [6, 6.07) is -1.23. The number of amides is 1. The molecule has 0 aromatic carbocycles. The maximum absolute atomic E-state index is 11.7. The number of carbonyl (C=O) groups is 3. The second kappa shape index (κ2) is 7.73. The van der Waals surface area contributed by atoms with Gasteiger partial charge < -0.3 is 20.5 Å². The molecule has 1 heterocycles. The molecular formula is C12H20N2O5. The zero-order valence-corrected chi connectivity index (χ0v) is 11.0. The minimum Gasteiger partial charge on any atom is -0.480 e. The van der Waals surface area contributed by atoms with Crippen LogP contribution in [0.25, 0.3) is 0 Å². The first-order valence-electron chi connectivity index (χ1n) is 6.32. The number of rotatable bonds is 6. The average molecular weight is 272 g/mol. The van der Waals surface area contributed by atoms with Gasteiger partial charge in [0.2, 0.25) is 5.91 Å². The molecule has 0 aromatic rings. The predicted molar refractivity (Wildman–Crippen MR) is 66.4 cm³/mol. The number of ether oxygens (including phenoxy) is 1. The quantitative estimate of drug-likeness (QED) is 0.563. The molecule has 1 aliphatic rings. The lowest BCUT2D eigenvalue weighted by atomic mass is 9.96. The van der Waals surface area contributed by atoms with Gasteiger partial charge in [0.05, 0.1) is 13.5 Å². The van der Waals surface area contributed by atoms with Gasteiger partial charge in [0.25, 0.3) is 0 Å². The van der Waals surface area contributed by atoms with Crippen LogP contribution >= 0.6 is 0 Å². The van der Waals surface area contributed by atoms with Crippen molar-refractivity contribution in [2.45, 2.75) is 31.7 Å². The summed E-state index contributed by atoms with van der Waals surface area (Å²) in [5.41, 5.74) is 0. The first-order valence-corrected chi connectivity index (χ1v) is 6.32. The number of piperidine rings is 1. The smallest absolute Gasteiger partial charge is 0.326 e. The van der Waals surface area contributed by atoms with E-state index in [9.17, 15) is 14.4 Å². The molecule has 1 aliphatic heterocycles. The molecule has 7 nitrogen and oxygen atoms in total. The number of hydrogen-bond donors (Lipinski definition) is 3. The topological polar surface area (TPSA) is 105 Å². The summed E-state index contributed by atoms with van der Waals surface area (Å²) in [5.74, 6) is -2.01. The molecule has 7 heteroatoms. The van der Waals surface area contributed by atoms with Crippen molar-refractivity contribution in [3.05, 3.63) is 0 Å². The monoisotopic (exact) mass is 272 g/mol. The zero-order chi connectivity index (χ0) is 14.3. The SMILES string of the molecule is COC(=O)C[C@H](NC(=O)CC1CCCNC1)C(=O)O. The van der Waals surface area contributed by atoms with E-state index < -0.39 is 18.0 Å². The minimum absolute atomic E-state index is 0.223. The number of carbonyl (C=O) groups excluding carboxylic acids is 2. The van der Waals surface area contributed by atoms with Crippen molar-refractivity contribution in [2.24, 2.45) is 5.92 Å². The van der Waals surface area contributed by atoms with Crippen LogP contribution in [0.2, 0.25) is 0 Å². The third-order valence-corrected chi connectivity index (χ3v) is 3.10. The van der Waals surface area contributed by atoms with Gasteiger partial charge in [-0.1, -0.05) is 0 Å². The molecule has 0 aliphatic carbocycles. The number of methoxy groups -OCH3 is 1. The molecule has 19 heavy (non-hydrogen) atoms. The molecule has 0 saturated carbocycles. The number of hydrogen-bond acceptors (Lipinski definition) is 5. The van der Waals surface area contributed by atoms with Crippen LogP contribution in [0.5, 0.6) is 0 Å². The highest BCUT2D eigenvalue weighted by molar-refractivity contribution is 5.87. The largest absolute Gasteiger partial charge is 0.480 e. The highest BCUT2D eigenvalue weighted by Gasteiger charge is 2.25. The summed E-state index contributed by atoms with van der Waals surface area (Å²) in [7, 11) is 1.18. The standard InChI is InChI=1S/C12H20N2O5/c1-19-11(16)6-9(12(17)18)14-10(15)5-8-3-2-4-13-7-8/h8-9,13H,2-7H2,1H3,(H,14,15)(H,17,18)/t8?,9-/m0/s1. The molecule has 108 valence electrons. The van der Waals surface area contributed by atoms with Crippen LogP contribution in [-0.4, -0.2) is 49.2 Å². The molecule has 0 radical (unpaired) electrons. The van der Waals surface area contributed by atoms with Crippen LogP contribution in [0.3, 0.4) is 0 Å². The molecule has 0 aromatic heterocycles. The summed E-state index contributed by atoms with van der Waals surface area (Å²) in [5, 5.41) is 14.5. The van der Waals surface area contributed by atoms with E-state index in [2.05, 4.69) is 15.4 Å². The molecular weight excluding hydrogens is 252 g/mol. The van der Waals surface area contributed by atoms with Gasteiger partial charge in [-0.25, -0.2) is 4.79 Å². The zero-order valence-electron chi connectivity index (χ0n) is 11.0. The molecule has 2 atom stereocenters. The fourth-order valence-electron chi connectivity index (χ4n) is 2.06. The minimum atomic E-state index is -1.24. The number of aliphatic carboxylic acids is 1. The Labute approximate surface area is 111 Å². The first-order chi connectivity index (χ1) is 9.02. The van der Waals surface area contributed by atoms with Gasteiger partial charge in [-0.15, -0.1) is 0 Å². The van der Waals surface area contributed by atoms with E-state index in [1.54, 1.807) is 0 Å². The molecule has 3 N–H and O–H groups in total. The summed E-state index contributed by atoms with van der Waals surface area (Å²) in [6.45, 7) is 1.72. The van der Waals surface area contributed by atoms with Crippen LogP contribution in [-0.2, 0) is 19.1 Å². The first kappa shape index (κ1) is 15.4. The molecule has 0 spiro atoms. The summed E-state index contributed by atoms with van der Waals surface area (Å²) >= 11 is 0. The lowest BCUT2D eigenvalue weighted by molar-refractivity contribution is -0.148. The Hall–Kier alpha value is -1.63. The van der Waals surface area contributed by atoms with E-state index in [-0.39, 0.29) is 24.7 Å². The van der Waals surface area contributed by atoms with Crippen molar-refractivity contribution in [1.82, 2.24) is 10.6 Å². The Kier molecular flexibility index (Phi) is 6.27. The fourth-order valence-corrected chi connectivity index (χ4v) is 2.06. The lowest BCUT2D eigenvalue weighted by Crippen LogP contribution is -2.44. The van der Waals surface area contributed by atoms with E-state index in [1.165, 1.54) is 7.11 Å². The van der Waals surface area contributed by atoms with Crippen LogP contribution in [0.4, 0.5) is 0 Å². The molecule has 1 saturated heterocycles. The maximum Gasteiger partial charge on any atom is 0.326 e. The molecule has 1 unspecified atom stereocenters. The van der Waals surface area contributed by atoms with Gasteiger partial charge in [-0.05, 0) is 31.8 Å². The van der Waals surface area contributed by atoms with Gasteiger partial charge in [0.15, 0.2) is 0 Å². The van der Waals surface area contributed by atoms with Crippen molar-refractivity contribution in [2.75, 3.05) is 20.2 Å². The van der Waals surface area contributed by atoms with Crippen LogP contribution < -0.4 is 10.6 Å². The van der Waals surface area contributed by atoms with Crippen LogP contribution in [0, 0.1) is 5.92 Å². The van der Waals surface area contributed by atoms with E-state index in [4.69, 9.17) is 5.11 Å². The highest BCUT2D eigenvalue weighted by atomic mass is 16.5. The Balaban J connectivity index is 2.41. The second-order valence-corrected chi connectivity index (χ2v) is 4.66. The summed E-state index contributed by atoms with van der Waals surface area (Å²) in [6.07, 6.45) is 1.88. The van der Waals surface area contributed by atoms with E-state index in [0.717, 1.165) is 25.9 Å². The number of carboxylic acid groups (broad SMARTS) is 1. The van der Waals surface area contributed by atoms with E-state index in [1.807, 2.05) is 0 Å². The summed E-state index contributed by atoms with van der Waals surface area (Å²) < 4.78 is 4.40. The van der Waals surface area contributed by atoms with Crippen LogP contribution in [0.1, 0.15) is 25.7 Å². The van der Waals surface area contributed by atoms with E-state index >= 15 is 0 Å². The number of carboxylic acids is 1. The van der Waals surface area contributed by atoms with Crippen LogP contribution in [0.15, 0.2) is 0 Å². The van der Waals surface area contributed by atoms with Crippen molar-refractivity contribution < 1.29 is 24.2 Å². The van der Waals surface area contributed by atoms with Crippen molar-refractivity contribution in [1.29, 1.82) is 0 Å². The van der Waals surface area contributed by atoms with Gasteiger partial charge >= 0.3 is 11.9 Å². The third kappa shape index (κ3) is 5.69. The molecule has 0 bridgehead atoms. The number of nitrogens with one attached hydrogen (secondary N) is 2. The molecule has 1 amide bonds. The highest BCUT2D eigenvalue weighted by Crippen LogP contribution is 2.13. The van der Waals surface area contributed by atoms with Gasteiger partial charge in [-0.3, -0.25) is 9.59 Å². The Morgan fingerprint density at radius 3 is 2.74 bits per heavy atom. The second-order valence-electron chi connectivity index (χ2n) is 4.66. The maximum atomic E-state index is 11.7. The average Bonchev–Trinajstić information content (AvgIpc) is 2.38. The third-order valence-electron chi connectivity index (χ3n) is 3.10. The fraction of sp³-hybridized carbons (Fsp3) is 0.750. The number of esters is 1. The molecule has 1 rings (SSSR count). The van der Waals surface area contributed by atoms with Crippen molar-refractivity contribution in [3.63, 3.8) is 0 Å². The van der Waals surface area contributed by atoms with Gasteiger partial charge in [0, 0.05) is 6.42 Å². The normalized spacial score (nSPS) is 20.4. The Morgan fingerprint density at radius 2 is 2.21 bits per heavy atom. The Bertz CT molecular complexity index is 339.